The van der Waals surface area contributed by atoms with Crippen molar-refractivity contribution >= 4 is 41.4 Å². The van der Waals surface area contributed by atoms with Crippen molar-refractivity contribution in [3.8, 4) is 0 Å². The lowest BCUT2D eigenvalue weighted by Crippen LogP contribution is -2.57. The lowest BCUT2D eigenvalue weighted by molar-refractivity contribution is -0.142. The van der Waals surface area contributed by atoms with Crippen molar-refractivity contribution in [1.29, 1.82) is 0 Å². The standard InChI is InChI=1S/C23H46N8O5S/c1-4-14(2)18(25)21(34)30-15(8-5-6-11-24)19(32)29-16(9-7-12-28-23(26)27)20(33)31-17(22(35)36)10-13-37-3/h14-18H,4-13,24-25H2,1-3H3,(H,29,32)(H,30,34)(H,31,33)(H,35,36)(H4,26,27,28). The molecule has 0 saturated heterocycles. The number of thioether (sulfide) groups is 1. The zero-order valence-corrected chi connectivity index (χ0v) is 23.0. The third kappa shape index (κ3) is 14.7. The Bertz CT molecular complexity index is 751. The summed E-state index contributed by atoms with van der Waals surface area (Å²) in [5.41, 5.74) is 22.3. The summed E-state index contributed by atoms with van der Waals surface area (Å²) in [4.78, 5) is 54.4. The Kier molecular flexibility index (Phi) is 18.2. The number of nitrogens with zero attached hydrogens (tertiary/aromatic N) is 1. The molecule has 12 N–H and O–H groups in total. The summed E-state index contributed by atoms with van der Waals surface area (Å²) in [5.74, 6) is -2.50. The third-order valence-electron chi connectivity index (χ3n) is 5.94. The third-order valence-corrected chi connectivity index (χ3v) is 6.59. The van der Waals surface area contributed by atoms with Gasteiger partial charge < -0.3 is 44.0 Å². The molecule has 0 heterocycles. The van der Waals surface area contributed by atoms with Gasteiger partial charge in [0.1, 0.15) is 18.1 Å². The van der Waals surface area contributed by atoms with Crippen molar-refractivity contribution in [1.82, 2.24) is 16.0 Å². The van der Waals surface area contributed by atoms with Crippen molar-refractivity contribution in [2.75, 3.05) is 25.1 Å². The van der Waals surface area contributed by atoms with Crippen LogP contribution in [0.3, 0.4) is 0 Å². The molecule has 37 heavy (non-hydrogen) atoms. The Balaban J connectivity index is 5.65. The van der Waals surface area contributed by atoms with E-state index in [-0.39, 0.29) is 31.3 Å². The summed E-state index contributed by atoms with van der Waals surface area (Å²) < 4.78 is 0. The molecule has 0 aliphatic rings. The van der Waals surface area contributed by atoms with E-state index in [4.69, 9.17) is 22.9 Å². The molecule has 0 rings (SSSR count). The number of carboxylic acid groups (broad SMARTS) is 1. The molecule has 214 valence electrons. The van der Waals surface area contributed by atoms with Crippen molar-refractivity contribution in [3.63, 3.8) is 0 Å². The Morgan fingerprint density at radius 2 is 1.43 bits per heavy atom. The second-order valence-electron chi connectivity index (χ2n) is 8.95. The average Bonchev–Trinajstić information content (AvgIpc) is 2.85. The van der Waals surface area contributed by atoms with E-state index in [1.807, 2.05) is 20.1 Å². The maximum atomic E-state index is 13.2. The van der Waals surface area contributed by atoms with Crippen molar-refractivity contribution in [2.45, 2.75) is 83.0 Å². The van der Waals surface area contributed by atoms with Crippen LogP contribution in [0.2, 0.25) is 0 Å². The zero-order valence-electron chi connectivity index (χ0n) is 22.2. The molecule has 0 aromatic rings. The van der Waals surface area contributed by atoms with Gasteiger partial charge in [-0.2, -0.15) is 11.8 Å². The van der Waals surface area contributed by atoms with Crippen molar-refractivity contribution in [2.24, 2.45) is 33.8 Å². The zero-order chi connectivity index (χ0) is 28.4. The van der Waals surface area contributed by atoms with Crippen LogP contribution in [0.25, 0.3) is 0 Å². The predicted molar refractivity (Wildman–Crippen MR) is 147 cm³/mol. The molecule has 0 radical (unpaired) electrons. The first-order chi connectivity index (χ1) is 17.5. The fourth-order valence-corrected chi connectivity index (χ4v) is 3.82. The van der Waals surface area contributed by atoms with Gasteiger partial charge in [-0.25, -0.2) is 4.79 Å². The number of amides is 3. The summed E-state index contributed by atoms with van der Waals surface area (Å²) >= 11 is 1.46. The van der Waals surface area contributed by atoms with E-state index in [1.54, 1.807) is 0 Å². The van der Waals surface area contributed by atoms with Gasteiger partial charge in [0.15, 0.2) is 5.96 Å². The van der Waals surface area contributed by atoms with Crippen LogP contribution in [0.5, 0.6) is 0 Å². The molecule has 0 aliphatic heterocycles. The first kappa shape index (κ1) is 34.4. The molecule has 0 bridgehead atoms. The molecule has 13 nitrogen and oxygen atoms in total. The van der Waals surface area contributed by atoms with Crippen LogP contribution in [-0.2, 0) is 19.2 Å². The smallest absolute Gasteiger partial charge is 0.326 e. The number of unbranched alkanes of at least 4 members (excludes halogenated alkanes) is 1. The summed E-state index contributed by atoms with van der Waals surface area (Å²) in [5, 5.41) is 17.4. The maximum absolute atomic E-state index is 13.2. The van der Waals surface area contributed by atoms with Crippen LogP contribution in [0, 0.1) is 5.92 Å². The van der Waals surface area contributed by atoms with Crippen molar-refractivity contribution in [3.05, 3.63) is 0 Å². The molecule has 5 atom stereocenters. The predicted octanol–water partition coefficient (Wildman–Crippen LogP) is -1.17. The van der Waals surface area contributed by atoms with E-state index in [2.05, 4.69) is 20.9 Å². The largest absolute Gasteiger partial charge is 0.480 e. The van der Waals surface area contributed by atoms with Crippen LogP contribution < -0.4 is 38.9 Å². The number of nitrogens with two attached hydrogens (primary N) is 4. The number of aliphatic carboxylic acids is 1. The molecule has 14 heteroatoms. The van der Waals surface area contributed by atoms with Crippen LogP contribution in [0.4, 0.5) is 0 Å². The number of carbonyl (C=O) groups is 4. The van der Waals surface area contributed by atoms with Gasteiger partial charge in [0.2, 0.25) is 17.7 Å². The van der Waals surface area contributed by atoms with E-state index in [0.29, 0.717) is 44.4 Å². The molecule has 5 unspecified atom stereocenters. The minimum absolute atomic E-state index is 0.0870. The van der Waals surface area contributed by atoms with Gasteiger partial charge in [-0.3, -0.25) is 19.4 Å². The second kappa shape index (κ2) is 19.5. The topological polar surface area (TPSA) is 241 Å². The Morgan fingerprint density at radius 3 is 1.92 bits per heavy atom. The lowest BCUT2D eigenvalue weighted by atomic mass is 9.98. The molecular formula is C23H46N8O5S. The van der Waals surface area contributed by atoms with Gasteiger partial charge in [-0.05, 0) is 63.0 Å². The fourth-order valence-electron chi connectivity index (χ4n) is 3.35. The van der Waals surface area contributed by atoms with Crippen LogP contribution in [0.15, 0.2) is 4.99 Å². The van der Waals surface area contributed by atoms with E-state index in [0.717, 1.165) is 0 Å². The number of rotatable bonds is 20. The summed E-state index contributed by atoms with van der Waals surface area (Å²) in [7, 11) is 0. The highest BCUT2D eigenvalue weighted by Crippen LogP contribution is 2.09. The molecule has 0 spiro atoms. The highest BCUT2D eigenvalue weighted by Gasteiger charge is 2.30. The van der Waals surface area contributed by atoms with Crippen LogP contribution >= 0.6 is 11.8 Å². The Hall–Kier alpha value is -2.58. The molecule has 0 aliphatic carbocycles. The molecule has 3 amide bonds. The molecule has 0 aromatic carbocycles. The number of carbonyl (C=O) groups excluding carboxylic acids is 3. The van der Waals surface area contributed by atoms with E-state index in [1.165, 1.54) is 11.8 Å². The summed E-state index contributed by atoms with van der Waals surface area (Å²) in [6.07, 6.45) is 4.77. The van der Waals surface area contributed by atoms with Crippen LogP contribution in [-0.4, -0.2) is 84.0 Å². The normalized spacial score (nSPS) is 14.9. The lowest BCUT2D eigenvalue weighted by Gasteiger charge is -2.26. The number of nitrogens with one attached hydrogen (secondary N) is 3. The van der Waals surface area contributed by atoms with Crippen LogP contribution in [0.1, 0.15) is 58.8 Å². The first-order valence-corrected chi connectivity index (χ1v) is 14.0. The van der Waals surface area contributed by atoms with E-state index in [9.17, 15) is 24.3 Å². The number of hydrogen-bond acceptors (Lipinski definition) is 8. The molecular weight excluding hydrogens is 500 g/mol. The quantitative estimate of drug-likeness (QED) is 0.0517. The van der Waals surface area contributed by atoms with Gasteiger partial charge in [-0.15, -0.1) is 0 Å². The maximum Gasteiger partial charge on any atom is 0.326 e. The van der Waals surface area contributed by atoms with E-state index >= 15 is 0 Å². The van der Waals surface area contributed by atoms with Gasteiger partial charge in [0, 0.05) is 6.54 Å². The SMILES string of the molecule is CCC(C)C(N)C(=O)NC(CCCCN)C(=O)NC(CCCN=C(N)N)C(=O)NC(CCSC)C(=O)O. The average molecular weight is 547 g/mol. The van der Waals surface area contributed by atoms with Crippen molar-refractivity contribution < 1.29 is 24.3 Å². The number of hydrogen-bond donors (Lipinski definition) is 8. The minimum Gasteiger partial charge on any atom is -0.480 e. The summed E-state index contributed by atoms with van der Waals surface area (Å²) in [6.45, 7) is 4.41. The Labute approximate surface area is 223 Å². The van der Waals surface area contributed by atoms with Gasteiger partial charge in [-0.1, -0.05) is 20.3 Å². The molecule has 0 fully saturated rings. The van der Waals surface area contributed by atoms with Gasteiger partial charge in [0.25, 0.3) is 0 Å². The number of carboxylic acids is 1. The minimum atomic E-state index is -1.17. The molecule has 0 aromatic heterocycles. The monoisotopic (exact) mass is 546 g/mol. The highest BCUT2D eigenvalue weighted by atomic mass is 32.2. The van der Waals surface area contributed by atoms with Gasteiger partial charge >= 0.3 is 5.97 Å². The second-order valence-corrected chi connectivity index (χ2v) is 9.93. The van der Waals surface area contributed by atoms with E-state index < -0.39 is 47.9 Å². The summed E-state index contributed by atoms with van der Waals surface area (Å²) in [6, 6.07) is -3.89. The highest BCUT2D eigenvalue weighted by molar-refractivity contribution is 7.98. The van der Waals surface area contributed by atoms with Gasteiger partial charge in [0.05, 0.1) is 6.04 Å². The fraction of sp³-hybridized carbons (Fsp3) is 0.783. The number of guanidine groups is 1. The first-order valence-electron chi connectivity index (χ1n) is 12.6. The Morgan fingerprint density at radius 1 is 0.892 bits per heavy atom. The number of aliphatic imine (C=N–C) groups is 1. The molecule has 0 saturated carbocycles.